The Morgan fingerprint density at radius 3 is 2.43 bits per heavy atom. The summed E-state index contributed by atoms with van der Waals surface area (Å²) in [7, 11) is 0. The Bertz CT molecular complexity index is 189. The lowest BCUT2D eigenvalue weighted by Crippen LogP contribution is -2.08. The number of nitrogens with zero attached hydrogens (tertiary/aromatic N) is 1. The van der Waals surface area contributed by atoms with E-state index in [0.717, 1.165) is 6.42 Å². The van der Waals surface area contributed by atoms with E-state index in [1.54, 1.807) is 0 Å². The smallest absolute Gasteiger partial charge is 0.0252 e. The van der Waals surface area contributed by atoms with Crippen molar-refractivity contribution in [3.05, 3.63) is 11.8 Å². The minimum Gasteiger partial charge on any atom is -0.273 e. The van der Waals surface area contributed by atoms with E-state index in [0.29, 0.717) is 5.41 Å². The van der Waals surface area contributed by atoms with Gasteiger partial charge in [0.05, 0.1) is 0 Å². The number of rotatable bonds is 7. The molecule has 0 rings (SSSR count). The zero-order valence-electron chi connectivity index (χ0n) is 10.3. The van der Waals surface area contributed by atoms with Crippen LogP contribution in [0.4, 0.5) is 0 Å². The molecule has 0 radical (unpaired) electrons. The molecule has 0 N–H and O–H groups in total. The van der Waals surface area contributed by atoms with Crippen molar-refractivity contribution in [2.45, 2.75) is 59.8 Å². The van der Waals surface area contributed by atoms with Crippen molar-refractivity contribution in [2.24, 2.45) is 10.4 Å². The van der Waals surface area contributed by atoms with E-state index in [9.17, 15) is 0 Å². The lowest BCUT2D eigenvalue weighted by molar-refractivity contribution is 0.312. The highest BCUT2D eigenvalue weighted by atomic mass is 14.6. The topological polar surface area (TPSA) is 12.4 Å². The Balaban J connectivity index is 3.83. The molecule has 0 aromatic rings. The largest absolute Gasteiger partial charge is 0.273 e. The van der Waals surface area contributed by atoms with Crippen molar-refractivity contribution in [3.63, 3.8) is 0 Å². The second kappa shape index (κ2) is 6.80. The molecule has 0 aliphatic heterocycles. The second-order valence-electron chi connectivity index (χ2n) is 4.69. The Morgan fingerprint density at radius 2 is 2.00 bits per heavy atom. The maximum Gasteiger partial charge on any atom is 0.0252 e. The zero-order chi connectivity index (χ0) is 11.0. The third-order valence-electron chi connectivity index (χ3n) is 3.04. The number of aliphatic imine (C=N–C) groups is 1. The second-order valence-corrected chi connectivity index (χ2v) is 4.69. The van der Waals surface area contributed by atoms with E-state index in [-0.39, 0.29) is 0 Å². The molecule has 0 heterocycles. The van der Waals surface area contributed by atoms with Crippen LogP contribution in [0.1, 0.15) is 59.8 Å². The first-order valence-corrected chi connectivity index (χ1v) is 5.69. The standard InChI is InChI=1S/C13H25N/c1-6-12(11-14-5)9-8-10-13(3,4)7-2/h11H,5-10H2,1-4H3/b12-11-. The first-order chi connectivity index (χ1) is 6.55. The third-order valence-corrected chi connectivity index (χ3v) is 3.04. The van der Waals surface area contributed by atoms with Gasteiger partial charge in [-0.05, 0) is 37.8 Å². The van der Waals surface area contributed by atoms with Crippen LogP contribution in [0.5, 0.6) is 0 Å². The normalized spacial score (nSPS) is 13.0. The predicted molar refractivity (Wildman–Crippen MR) is 65.8 cm³/mol. The summed E-state index contributed by atoms with van der Waals surface area (Å²) in [4.78, 5) is 3.83. The third kappa shape index (κ3) is 5.95. The van der Waals surface area contributed by atoms with E-state index < -0.39 is 0 Å². The lowest BCUT2D eigenvalue weighted by Gasteiger charge is -2.22. The molecular formula is C13H25N. The van der Waals surface area contributed by atoms with Crippen molar-refractivity contribution in [2.75, 3.05) is 0 Å². The molecule has 0 spiro atoms. The molecule has 1 nitrogen and oxygen atoms in total. The van der Waals surface area contributed by atoms with Crippen molar-refractivity contribution in [1.29, 1.82) is 0 Å². The van der Waals surface area contributed by atoms with Gasteiger partial charge in [0.25, 0.3) is 0 Å². The van der Waals surface area contributed by atoms with Crippen LogP contribution in [0.25, 0.3) is 0 Å². The molecule has 0 aliphatic carbocycles. The number of allylic oxidation sites excluding steroid dienone is 1. The van der Waals surface area contributed by atoms with Gasteiger partial charge in [-0.3, -0.25) is 4.99 Å². The van der Waals surface area contributed by atoms with E-state index in [1.807, 2.05) is 6.20 Å². The average molecular weight is 195 g/mol. The SMILES string of the molecule is C=N/C=C(/CC)CCCC(C)(C)CC. The highest BCUT2D eigenvalue weighted by molar-refractivity contribution is 5.26. The van der Waals surface area contributed by atoms with Crippen molar-refractivity contribution in [1.82, 2.24) is 0 Å². The lowest BCUT2D eigenvalue weighted by atomic mass is 9.84. The van der Waals surface area contributed by atoms with Crippen LogP contribution in [-0.4, -0.2) is 6.72 Å². The van der Waals surface area contributed by atoms with Gasteiger partial charge in [-0.1, -0.05) is 39.7 Å². The summed E-state index contributed by atoms with van der Waals surface area (Å²) >= 11 is 0. The zero-order valence-corrected chi connectivity index (χ0v) is 10.3. The van der Waals surface area contributed by atoms with Crippen LogP contribution in [-0.2, 0) is 0 Å². The minimum atomic E-state index is 0.500. The van der Waals surface area contributed by atoms with Gasteiger partial charge in [-0.15, -0.1) is 0 Å². The fourth-order valence-corrected chi connectivity index (χ4v) is 1.43. The molecule has 1 heteroatoms. The molecule has 0 bridgehead atoms. The van der Waals surface area contributed by atoms with Crippen LogP contribution in [0.2, 0.25) is 0 Å². The van der Waals surface area contributed by atoms with Gasteiger partial charge < -0.3 is 0 Å². The van der Waals surface area contributed by atoms with Gasteiger partial charge in [-0.25, -0.2) is 0 Å². The summed E-state index contributed by atoms with van der Waals surface area (Å²) < 4.78 is 0. The molecule has 0 unspecified atom stereocenters. The monoisotopic (exact) mass is 195 g/mol. The Labute approximate surface area is 89.3 Å². The van der Waals surface area contributed by atoms with Crippen LogP contribution in [0, 0.1) is 5.41 Å². The molecular weight excluding hydrogens is 170 g/mol. The molecule has 0 saturated carbocycles. The molecule has 82 valence electrons. The molecule has 0 aliphatic rings. The number of hydrogen-bond donors (Lipinski definition) is 0. The van der Waals surface area contributed by atoms with E-state index in [1.165, 1.54) is 31.3 Å². The molecule has 0 aromatic carbocycles. The summed E-state index contributed by atoms with van der Waals surface area (Å²) in [6.45, 7) is 12.6. The van der Waals surface area contributed by atoms with Gasteiger partial charge in [0.2, 0.25) is 0 Å². The fourth-order valence-electron chi connectivity index (χ4n) is 1.43. The van der Waals surface area contributed by atoms with E-state index in [4.69, 9.17) is 0 Å². The molecule has 0 amide bonds. The van der Waals surface area contributed by atoms with Gasteiger partial charge in [-0.2, -0.15) is 0 Å². The van der Waals surface area contributed by atoms with Crippen LogP contribution >= 0.6 is 0 Å². The summed E-state index contributed by atoms with van der Waals surface area (Å²) in [5.74, 6) is 0. The van der Waals surface area contributed by atoms with E-state index in [2.05, 4.69) is 39.4 Å². The predicted octanol–water partition coefficient (Wildman–Crippen LogP) is 4.59. The average Bonchev–Trinajstić information content (AvgIpc) is 2.16. The Hall–Kier alpha value is -0.590. The summed E-state index contributed by atoms with van der Waals surface area (Å²) in [6, 6.07) is 0. The van der Waals surface area contributed by atoms with Crippen LogP contribution in [0.15, 0.2) is 16.8 Å². The van der Waals surface area contributed by atoms with Crippen molar-refractivity contribution in [3.8, 4) is 0 Å². The summed E-state index contributed by atoms with van der Waals surface area (Å²) in [6.07, 6.45) is 8.04. The van der Waals surface area contributed by atoms with Crippen molar-refractivity contribution < 1.29 is 0 Å². The van der Waals surface area contributed by atoms with Gasteiger partial charge in [0, 0.05) is 6.20 Å². The van der Waals surface area contributed by atoms with Crippen LogP contribution in [0.3, 0.4) is 0 Å². The summed E-state index contributed by atoms with van der Waals surface area (Å²) in [5, 5.41) is 0. The van der Waals surface area contributed by atoms with Gasteiger partial charge >= 0.3 is 0 Å². The molecule has 14 heavy (non-hydrogen) atoms. The first-order valence-electron chi connectivity index (χ1n) is 5.69. The fraction of sp³-hybridized carbons (Fsp3) is 0.769. The maximum absolute atomic E-state index is 3.83. The van der Waals surface area contributed by atoms with Gasteiger partial charge in [0.1, 0.15) is 0 Å². The molecule has 0 saturated heterocycles. The highest BCUT2D eigenvalue weighted by Gasteiger charge is 2.13. The Kier molecular flexibility index (Phi) is 6.52. The van der Waals surface area contributed by atoms with E-state index >= 15 is 0 Å². The Morgan fingerprint density at radius 1 is 1.36 bits per heavy atom. The maximum atomic E-state index is 3.83. The van der Waals surface area contributed by atoms with Crippen molar-refractivity contribution >= 4 is 6.72 Å². The molecule has 0 fully saturated rings. The number of hydrogen-bond acceptors (Lipinski definition) is 1. The first kappa shape index (κ1) is 13.4. The van der Waals surface area contributed by atoms with Crippen LogP contribution < -0.4 is 0 Å². The minimum absolute atomic E-state index is 0.500. The highest BCUT2D eigenvalue weighted by Crippen LogP contribution is 2.28. The van der Waals surface area contributed by atoms with Gasteiger partial charge in [0.15, 0.2) is 0 Å². The molecule has 0 aromatic heterocycles. The molecule has 0 atom stereocenters. The quantitative estimate of drug-likeness (QED) is 0.527. The summed E-state index contributed by atoms with van der Waals surface area (Å²) in [5.41, 5.74) is 1.92.